The summed E-state index contributed by atoms with van der Waals surface area (Å²) >= 11 is 1.71. The maximum absolute atomic E-state index is 12.4. The number of hydrogen-bond acceptors (Lipinski definition) is 5. The van der Waals surface area contributed by atoms with Crippen molar-refractivity contribution < 1.29 is 4.79 Å². The van der Waals surface area contributed by atoms with Gasteiger partial charge in [0.05, 0.1) is 17.2 Å². The molecule has 5 nitrogen and oxygen atoms in total. The van der Waals surface area contributed by atoms with Crippen LogP contribution in [0.5, 0.6) is 0 Å². The van der Waals surface area contributed by atoms with Crippen molar-refractivity contribution in [2.45, 2.75) is 31.7 Å². The standard InChI is InChI=1S/C21H28N4OS/c1-17-23-19(15-27-17)13-24-9-11-25(12-10-24)14-20(26)22-16-21(7-8-21)18-5-3-2-4-6-18/h2-6,15H,7-14,16H2,1H3,(H,22,26). The number of hydrogen-bond donors (Lipinski definition) is 1. The molecule has 1 aromatic carbocycles. The van der Waals surface area contributed by atoms with E-state index >= 15 is 0 Å². The molecule has 1 saturated heterocycles. The molecule has 0 radical (unpaired) electrons. The molecule has 27 heavy (non-hydrogen) atoms. The van der Waals surface area contributed by atoms with Crippen LogP contribution >= 0.6 is 11.3 Å². The van der Waals surface area contributed by atoms with Crippen molar-refractivity contribution in [2.75, 3.05) is 39.3 Å². The Morgan fingerprint density at radius 3 is 2.48 bits per heavy atom. The highest BCUT2D eigenvalue weighted by atomic mass is 32.1. The van der Waals surface area contributed by atoms with Crippen molar-refractivity contribution in [1.29, 1.82) is 0 Å². The molecule has 4 rings (SSSR count). The van der Waals surface area contributed by atoms with E-state index in [2.05, 4.69) is 49.7 Å². The van der Waals surface area contributed by atoms with Crippen LogP contribution in [0.15, 0.2) is 35.7 Å². The lowest BCUT2D eigenvalue weighted by atomic mass is 9.96. The van der Waals surface area contributed by atoms with Gasteiger partial charge >= 0.3 is 0 Å². The Hall–Kier alpha value is -1.76. The number of nitrogens with zero attached hydrogens (tertiary/aromatic N) is 3. The van der Waals surface area contributed by atoms with E-state index in [0.29, 0.717) is 6.54 Å². The first-order valence-corrected chi connectivity index (χ1v) is 10.7. The first-order valence-electron chi connectivity index (χ1n) is 9.81. The molecule has 0 spiro atoms. The fourth-order valence-corrected chi connectivity index (χ4v) is 4.46. The van der Waals surface area contributed by atoms with Crippen LogP contribution in [0.25, 0.3) is 0 Å². The van der Waals surface area contributed by atoms with Crippen molar-refractivity contribution in [3.63, 3.8) is 0 Å². The molecule has 1 N–H and O–H groups in total. The Balaban J connectivity index is 1.19. The van der Waals surface area contributed by atoms with Gasteiger partial charge in [0.1, 0.15) is 0 Å². The Kier molecular flexibility index (Phi) is 5.57. The number of nitrogens with one attached hydrogen (secondary N) is 1. The number of rotatable bonds is 7. The zero-order chi connectivity index (χ0) is 18.7. The van der Waals surface area contributed by atoms with Crippen LogP contribution in [0.4, 0.5) is 0 Å². The van der Waals surface area contributed by atoms with E-state index in [1.54, 1.807) is 11.3 Å². The van der Waals surface area contributed by atoms with Crippen LogP contribution in [0.2, 0.25) is 0 Å². The van der Waals surface area contributed by atoms with Gasteiger partial charge < -0.3 is 5.32 Å². The Labute approximate surface area is 165 Å². The zero-order valence-electron chi connectivity index (χ0n) is 16.0. The molecule has 1 aliphatic heterocycles. The summed E-state index contributed by atoms with van der Waals surface area (Å²) in [6.07, 6.45) is 2.35. The van der Waals surface area contributed by atoms with E-state index in [0.717, 1.165) is 44.3 Å². The van der Waals surface area contributed by atoms with Crippen LogP contribution in [0.1, 0.15) is 29.1 Å². The summed E-state index contributed by atoms with van der Waals surface area (Å²) in [7, 11) is 0. The average molecular weight is 385 g/mol. The van der Waals surface area contributed by atoms with E-state index in [1.807, 2.05) is 13.0 Å². The third-order valence-electron chi connectivity index (χ3n) is 5.75. The largest absolute Gasteiger partial charge is 0.354 e. The second-order valence-electron chi connectivity index (χ2n) is 7.83. The highest BCUT2D eigenvalue weighted by Crippen LogP contribution is 2.47. The topological polar surface area (TPSA) is 48.5 Å². The minimum absolute atomic E-state index is 0.154. The molecule has 6 heteroatoms. The first kappa shape index (κ1) is 18.6. The quantitative estimate of drug-likeness (QED) is 0.797. The third kappa shape index (κ3) is 4.75. The summed E-state index contributed by atoms with van der Waals surface area (Å²) in [4.78, 5) is 21.7. The SMILES string of the molecule is Cc1nc(CN2CCN(CC(=O)NCC3(c4ccccc4)CC3)CC2)cs1. The van der Waals surface area contributed by atoms with Crippen LogP contribution < -0.4 is 5.32 Å². The van der Waals surface area contributed by atoms with Crippen LogP contribution in [0.3, 0.4) is 0 Å². The fraction of sp³-hybridized carbons (Fsp3) is 0.524. The zero-order valence-corrected chi connectivity index (χ0v) is 16.8. The van der Waals surface area contributed by atoms with E-state index in [9.17, 15) is 4.79 Å². The average Bonchev–Trinajstić information content (AvgIpc) is 3.38. The highest BCUT2D eigenvalue weighted by Gasteiger charge is 2.44. The Bertz CT molecular complexity index is 763. The molecule has 0 atom stereocenters. The van der Waals surface area contributed by atoms with Crippen LogP contribution in [-0.2, 0) is 16.8 Å². The molecule has 2 aliphatic rings. The number of carbonyl (C=O) groups is 1. The Morgan fingerprint density at radius 1 is 1.15 bits per heavy atom. The molecule has 1 saturated carbocycles. The van der Waals surface area contributed by atoms with Gasteiger partial charge in [-0.1, -0.05) is 30.3 Å². The lowest BCUT2D eigenvalue weighted by Crippen LogP contribution is -2.49. The molecule has 0 bridgehead atoms. The van der Waals surface area contributed by atoms with Gasteiger partial charge in [-0.2, -0.15) is 0 Å². The lowest BCUT2D eigenvalue weighted by Gasteiger charge is -2.34. The van der Waals surface area contributed by atoms with Crippen molar-refractivity contribution in [2.24, 2.45) is 0 Å². The van der Waals surface area contributed by atoms with Crippen LogP contribution in [-0.4, -0.2) is 60.0 Å². The molecular formula is C21H28N4OS. The minimum atomic E-state index is 0.154. The monoisotopic (exact) mass is 384 g/mol. The molecule has 2 heterocycles. The lowest BCUT2D eigenvalue weighted by molar-refractivity contribution is -0.122. The summed E-state index contributed by atoms with van der Waals surface area (Å²) in [5.74, 6) is 0.154. The van der Waals surface area contributed by atoms with E-state index in [-0.39, 0.29) is 11.3 Å². The predicted molar refractivity (Wildman–Crippen MR) is 109 cm³/mol. The van der Waals surface area contributed by atoms with Gasteiger partial charge in [-0.15, -0.1) is 11.3 Å². The molecule has 0 unspecified atom stereocenters. The second-order valence-corrected chi connectivity index (χ2v) is 8.90. The number of amides is 1. The van der Waals surface area contributed by atoms with Gasteiger partial charge in [0.2, 0.25) is 5.91 Å². The van der Waals surface area contributed by atoms with E-state index < -0.39 is 0 Å². The predicted octanol–water partition coefficient (Wildman–Crippen LogP) is 2.42. The molecule has 144 valence electrons. The molecule has 1 aromatic heterocycles. The Morgan fingerprint density at radius 2 is 1.85 bits per heavy atom. The van der Waals surface area contributed by atoms with Gasteiger partial charge in [0, 0.05) is 50.1 Å². The third-order valence-corrected chi connectivity index (χ3v) is 6.57. The number of aryl methyl sites for hydroxylation is 1. The number of aromatic nitrogens is 1. The van der Waals surface area contributed by atoms with Gasteiger partial charge in [-0.3, -0.25) is 14.6 Å². The molecule has 2 aromatic rings. The highest BCUT2D eigenvalue weighted by molar-refractivity contribution is 7.09. The van der Waals surface area contributed by atoms with Gasteiger partial charge in [-0.05, 0) is 25.3 Å². The van der Waals surface area contributed by atoms with Gasteiger partial charge in [-0.25, -0.2) is 4.98 Å². The second kappa shape index (κ2) is 8.09. The maximum Gasteiger partial charge on any atom is 0.234 e. The number of carbonyl (C=O) groups excluding carboxylic acids is 1. The van der Waals surface area contributed by atoms with Gasteiger partial charge in [0.25, 0.3) is 0 Å². The number of benzene rings is 1. The molecule has 1 amide bonds. The maximum atomic E-state index is 12.4. The minimum Gasteiger partial charge on any atom is -0.354 e. The van der Waals surface area contributed by atoms with Crippen molar-refractivity contribution in [3.05, 3.63) is 52.0 Å². The van der Waals surface area contributed by atoms with Crippen molar-refractivity contribution in [3.8, 4) is 0 Å². The summed E-state index contributed by atoms with van der Waals surface area (Å²) in [5, 5.41) is 6.46. The molecule has 2 fully saturated rings. The molecule has 1 aliphatic carbocycles. The summed E-state index contributed by atoms with van der Waals surface area (Å²) < 4.78 is 0. The summed E-state index contributed by atoms with van der Waals surface area (Å²) in [5.41, 5.74) is 2.71. The smallest absolute Gasteiger partial charge is 0.234 e. The van der Waals surface area contributed by atoms with E-state index in [4.69, 9.17) is 0 Å². The first-order chi connectivity index (χ1) is 13.1. The van der Waals surface area contributed by atoms with Crippen molar-refractivity contribution in [1.82, 2.24) is 20.1 Å². The number of piperazine rings is 1. The number of thiazole rings is 1. The summed E-state index contributed by atoms with van der Waals surface area (Å²) in [6.45, 7) is 8.13. The van der Waals surface area contributed by atoms with E-state index in [1.165, 1.54) is 24.1 Å². The van der Waals surface area contributed by atoms with Crippen molar-refractivity contribution >= 4 is 17.2 Å². The fourth-order valence-electron chi connectivity index (χ4n) is 3.85. The van der Waals surface area contributed by atoms with Gasteiger partial charge in [0.15, 0.2) is 0 Å². The molecular weight excluding hydrogens is 356 g/mol. The summed E-state index contributed by atoms with van der Waals surface area (Å²) in [6, 6.07) is 10.6. The normalized spacial score (nSPS) is 19.7. The van der Waals surface area contributed by atoms with Crippen LogP contribution in [0, 0.1) is 6.92 Å².